The maximum absolute atomic E-state index is 3.38. The van der Waals surface area contributed by atoms with Crippen molar-refractivity contribution in [3.63, 3.8) is 0 Å². The van der Waals surface area contributed by atoms with Gasteiger partial charge in [0.15, 0.2) is 0 Å². The van der Waals surface area contributed by atoms with Crippen molar-refractivity contribution in [2.75, 3.05) is 0 Å². The highest BCUT2D eigenvalue weighted by Crippen LogP contribution is 2.21. The van der Waals surface area contributed by atoms with Crippen LogP contribution in [0, 0.1) is 0 Å². The monoisotopic (exact) mass is 370 g/mol. The first kappa shape index (κ1) is 9.92. The van der Waals surface area contributed by atoms with Gasteiger partial charge in [0, 0.05) is 0 Å². The van der Waals surface area contributed by atoms with Crippen molar-refractivity contribution in [3.05, 3.63) is 0 Å². The summed E-state index contributed by atoms with van der Waals surface area (Å²) in [5.41, 5.74) is 0. The van der Waals surface area contributed by atoms with Crippen molar-refractivity contribution < 1.29 is 0 Å². The predicted molar refractivity (Wildman–Crippen MR) is 52.5 cm³/mol. The lowest BCUT2D eigenvalue weighted by molar-refractivity contribution is 0.880. The van der Waals surface area contributed by atoms with E-state index >= 15 is 0 Å². The first-order valence-electron chi connectivity index (χ1n) is 2.19. The van der Waals surface area contributed by atoms with E-state index in [0.29, 0.717) is 7.47 Å². The fourth-order valence-corrected chi connectivity index (χ4v) is 1.31. The summed E-state index contributed by atoms with van der Waals surface area (Å²) in [5, 5.41) is 0. The SMILES string of the molecule is BrC(Br)CCC(Br)Br. The van der Waals surface area contributed by atoms with Gasteiger partial charge in [0.2, 0.25) is 0 Å². The number of hydrogen-bond acceptors (Lipinski definition) is 0. The first-order valence-corrected chi connectivity index (χ1v) is 5.85. The molecule has 0 amide bonds. The standard InChI is InChI=1S/C4H6Br4/c5-3(6)1-2-4(7)8/h3-4H,1-2H2. The van der Waals surface area contributed by atoms with Crippen molar-refractivity contribution in [1.29, 1.82) is 0 Å². The van der Waals surface area contributed by atoms with Gasteiger partial charge >= 0.3 is 0 Å². The van der Waals surface area contributed by atoms with Crippen molar-refractivity contribution in [1.82, 2.24) is 0 Å². The van der Waals surface area contributed by atoms with Crippen LogP contribution in [0.5, 0.6) is 0 Å². The summed E-state index contributed by atoms with van der Waals surface area (Å²) >= 11 is 13.5. The third kappa shape index (κ3) is 7.92. The van der Waals surface area contributed by atoms with Crippen molar-refractivity contribution in [2.45, 2.75) is 20.3 Å². The molecule has 0 aliphatic heterocycles. The molecule has 0 rings (SSSR count). The minimum atomic E-state index is 0.451. The lowest BCUT2D eigenvalue weighted by Crippen LogP contribution is -1.90. The molecule has 0 N–H and O–H groups in total. The normalized spacial score (nSPS) is 11.2. The molecule has 0 aliphatic rings. The average molecular weight is 374 g/mol. The molecule has 8 heavy (non-hydrogen) atoms. The topological polar surface area (TPSA) is 0 Å². The van der Waals surface area contributed by atoms with E-state index < -0.39 is 0 Å². The van der Waals surface area contributed by atoms with Crippen LogP contribution >= 0.6 is 63.7 Å². The van der Waals surface area contributed by atoms with Gasteiger partial charge in [-0.05, 0) is 12.8 Å². The Morgan fingerprint density at radius 1 is 0.750 bits per heavy atom. The number of halogens is 4. The van der Waals surface area contributed by atoms with Gasteiger partial charge in [-0.1, -0.05) is 63.7 Å². The highest BCUT2D eigenvalue weighted by molar-refractivity contribution is 9.25. The van der Waals surface area contributed by atoms with Crippen LogP contribution in [0.3, 0.4) is 0 Å². The third-order valence-corrected chi connectivity index (χ3v) is 2.43. The van der Waals surface area contributed by atoms with E-state index in [1.165, 1.54) is 0 Å². The Balaban J connectivity index is 2.93. The van der Waals surface area contributed by atoms with E-state index in [4.69, 9.17) is 0 Å². The van der Waals surface area contributed by atoms with E-state index in [2.05, 4.69) is 63.7 Å². The molecule has 0 fully saturated rings. The lowest BCUT2D eigenvalue weighted by Gasteiger charge is -2.00. The third-order valence-electron chi connectivity index (χ3n) is 0.603. The van der Waals surface area contributed by atoms with Crippen molar-refractivity contribution >= 4 is 63.7 Å². The quantitative estimate of drug-likeness (QED) is 0.656. The van der Waals surface area contributed by atoms with Crippen LogP contribution in [0.25, 0.3) is 0 Å². The van der Waals surface area contributed by atoms with E-state index in [1.807, 2.05) is 0 Å². The van der Waals surface area contributed by atoms with Gasteiger partial charge in [0.25, 0.3) is 0 Å². The summed E-state index contributed by atoms with van der Waals surface area (Å²) in [6.07, 6.45) is 2.25. The van der Waals surface area contributed by atoms with Gasteiger partial charge < -0.3 is 0 Å². The molecule has 0 radical (unpaired) electrons. The van der Waals surface area contributed by atoms with E-state index in [1.54, 1.807) is 0 Å². The van der Waals surface area contributed by atoms with Crippen molar-refractivity contribution in [3.8, 4) is 0 Å². The Labute approximate surface area is 83.3 Å². The largest absolute Gasteiger partial charge is 0.0765 e. The van der Waals surface area contributed by atoms with E-state index in [9.17, 15) is 0 Å². The summed E-state index contributed by atoms with van der Waals surface area (Å²) in [7, 11) is 0. The molecule has 4 heteroatoms. The Morgan fingerprint density at radius 2 is 1.00 bits per heavy atom. The average Bonchev–Trinajstić information content (AvgIpc) is 1.61. The zero-order valence-electron chi connectivity index (χ0n) is 4.08. The van der Waals surface area contributed by atoms with Crippen LogP contribution in [-0.2, 0) is 0 Å². The fourth-order valence-electron chi connectivity index (χ4n) is 0.252. The second kappa shape index (κ2) is 5.69. The lowest BCUT2D eigenvalue weighted by atomic mass is 10.4. The molecule has 0 saturated carbocycles. The Bertz CT molecular complexity index is 44.0. The van der Waals surface area contributed by atoms with Gasteiger partial charge in [-0.2, -0.15) is 0 Å². The maximum Gasteiger partial charge on any atom is 0.0698 e. The van der Waals surface area contributed by atoms with E-state index in [0.717, 1.165) is 12.8 Å². The molecule has 0 nitrogen and oxygen atoms in total. The van der Waals surface area contributed by atoms with Crippen LogP contribution < -0.4 is 0 Å². The smallest absolute Gasteiger partial charge is 0.0698 e. The van der Waals surface area contributed by atoms with Crippen LogP contribution in [0.1, 0.15) is 12.8 Å². The molecule has 0 saturated heterocycles. The molecule has 0 heterocycles. The molecule has 0 aromatic heterocycles. The van der Waals surface area contributed by atoms with Crippen molar-refractivity contribution in [2.24, 2.45) is 0 Å². The predicted octanol–water partition coefficient (Wildman–Crippen LogP) is 4.00. The minimum Gasteiger partial charge on any atom is -0.0765 e. The highest BCUT2D eigenvalue weighted by Gasteiger charge is 2.01. The van der Waals surface area contributed by atoms with Gasteiger partial charge in [0.1, 0.15) is 0 Å². The molecular formula is C4H6Br4. The molecule has 0 aromatic rings. The van der Waals surface area contributed by atoms with Gasteiger partial charge in [-0.15, -0.1) is 0 Å². The molecule has 0 atom stereocenters. The Hall–Kier alpha value is 1.92. The fraction of sp³-hybridized carbons (Fsp3) is 1.00. The summed E-state index contributed by atoms with van der Waals surface area (Å²) in [6, 6.07) is 0. The Morgan fingerprint density at radius 3 is 1.12 bits per heavy atom. The minimum absolute atomic E-state index is 0.451. The van der Waals surface area contributed by atoms with Gasteiger partial charge in [-0.3, -0.25) is 0 Å². The van der Waals surface area contributed by atoms with Crippen LogP contribution in [0.4, 0.5) is 0 Å². The van der Waals surface area contributed by atoms with E-state index in [-0.39, 0.29) is 0 Å². The zero-order chi connectivity index (χ0) is 6.57. The molecular weight excluding hydrogens is 368 g/mol. The second-order valence-electron chi connectivity index (χ2n) is 1.36. The number of alkyl halides is 4. The summed E-state index contributed by atoms with van der Waals surface area (Å²) in [5.74, 6) is 0. The second-order valence-corrected chi connectivity index (χ2v) is 8.24. The molecule has 50 valence electrons. The Kier molecular flexibility index (Phi) is 7.05. The van der Waals surface area contributed by atoms with Crippen LogP contribution in [0.15, 0.2) is 0 Å². The van der Waals surface area contributed by atoms with Crippen LogP contribution in [-0.4, -0.2) is 7.47 Å². The van der Waals surface area contributed by atoms with Gasteiger partial charge in [-0.25, -0.2) is 0 Å². The summed E-state index contributed by atoms with van der Waals surface area (Å²) < 4.78 is 0.903. The summed E-state index contributed by atoms with van der Waals surface area (Å²) in [4.78, 5) is 0. The highest BCUT2D eigenvalue weighted by atomic mass is 79.9. The molecule has 0 spiro atoms. The zero-order valence-corrected chi connectivity index (χ0v) is 10.4. The molecule has 0 aromatic carbocycles. The molecule has 0 aliphatic carbocycles. The molecule has 0 bridgehead atoms. The maximum atomic E-state index is 3.38. The number of rotatable bonds is 3. The number of hydrogen-bond donors (Lipinski definition) is 0. The first-order chi connectivity index (χ1) is 3.63. The van der Waals surface area contributed by atoms with Crippen LogP contribution in [0.2, 0.25) is 0 Å². The van der Waals surface area contributed by atoms with Gasteiger partial charge in [0.05, 0.1) is 7.47 Å². The summed E-state index contributed by atoms with van der Waals surface area (Å²) in [6.45, 7) is 0. The molecule has 0 unspecified atom stereocenters.